The molecule has 1 saturated carbocycles. The zero-order valence-electron chi connectivity index (χ0n) is 12.3. The Kier molecular flexibility index (Phi) is 4.15. The van der Waals surface area contributed by atoms with Crippen molar-refractivity contribution >= 4 is 5.82 Å². The maximum absolute atomic E-state index is 10.2. The fraction of sp³-hybridized carbons (Fsp3) is 0.412. The lowest BCUT2D eigenvalue weighted by molar-refractivity contribution is 0.170. The van der Waals surface area contributed by atoms with Crippen molar-refractivity contribution < 1.29 is 5.11 Å². The zero-order valence-corrected chi connectivity index (χ0v) is 12.3. The van der Waals surface area contributed by atoms with Crippen molar-refractivity contribution in [3.63, 3.8) is 0 Å². The monoisotopic (exact) mass is 283 g/mol. The van der Waals surface area contributed by atoms with Gasteiger partial charge in [0.05, 0.1) is 6.10 Å². The number of anilines is 1. The third-order valence-corrected chi connectivity index (χ3v) is 3.98. The summed E-state index contributed by atoms with van der Waals surface area (Å²) in [4.78, 5) is 10.8. The SMILES string of the molecule is CN(CC[C@@H](O)c1ccccc1)c1cc(C2CC2)ncn1. The van der Waals surface area contributed by atoms with Crippen molar-refractivity contribution in [1.82, 2.24) is 9.97 Å². The third-order valence-electron chi connectivity index (χ3n) is 3.98. The summed E-state index contributed by atoms with van der Waals surface area (Å²) in [5.41, 5.74) is 2.11. The first kappa shape index (κ1) is 14.0. The quantitative estimate of drug-likeness (QED) is 0.885. The molecule has 1 atom stereocenters. The highest BCUT2D eigenvalue weighted by Crippen LogP contribution is 2.39. The van der Waals surface area contributed by atoms with Gasteiger partial charge in [0, 0.05) is 31.3 Å². The maximum Gasteiger partial charge on any atom is 0.131 e. The van der Waals surface area contributed by atoms with Gasteiger partial charge in [0.2, 0.25) is 0 Å². The maximum atomic E-state index is 10.2. The molecule has 1 aromatic carbocycles. The number of hydrogen-bond acceptors (Lipinski definition) is 4. The molecule has 0 aliphatic heterocycles. The molecule has 4 nitrogen and oxygen atoms in total. The first-order valence-corrected chi connectivity index (χ1v) is 7.50. The molecule has 1 aromatic heterocycles. The Hall–Kier alpha value is -1.94. The van der Waals surface area contributed by atoms with Gasteiger partial charge in [0.25, 0.3) is 0 Å². The molecule has 0 radical (unpaired) electrons. The van der Waals surface area contributed by atoms with Crippen LogP contribution in [0.5, 0.6) is 0 Å². The zero-order chi connectivity index (χ0) is 14.7. The Morgan fingerprint density at radius 1 is 1.24 bits per heavy atom. The van der Waals surface area contributed by atoms with E-state index >= 15 is 0 Å². The van der Waals surface area contributed by atoms with Crippen LogP contribution in [-0.4, -0.2) is 28.7 Å². The van der Waals surface area contributed by atoms with Gasteiger partial charge in [-0.25, -0.2) is 9.97 Å². The highest BCUT2D eigenvalue weighted by molar-refractivity contribution is 5.39. The summed E-state index contributed by atoms with van der Waals surface area (Å²) >= 11 is 0. The second-order valence-corrected chi connectivity index (χ2v) is 5.71. The van der Waals surface area contributed by atoms with Crippen LogP contribution in [0, 0.1) is 0 Å². The molecule has 0 amide bonds. The number of rotatable bonds is 6. The number of nitrogens with zero attached hydrogens (tertiary/aromatic N) is 3. The predicted octanol–water partition coefficient (Wildman–Crippen LogP) is 2.91. The number of aromatic nitrogens is 2. The molecule has 1 aliphatic rings. The highest BCUT2D eigenvalue weighted by Gasteiger charge is 2.25. The van der Waals surface area contributed by atoms with Gasteiger partial charge in [-0.05, 0) is 24.8 Å². The topological polar surface area (TPSA) is 49.2 Å². The number of hydrogen-bond donors (Lipinski definition) is 1. The van der Waals surface area contributed by atoms with Crippen LogP contribution >= 0.6 is 0 Å². The van der Waals surface area contributed by atoms with Crippen LogP contribution in [0.4, 0.5) is 5.82 Å². The van der Waals surface area contributed by atoms with Crippen LogP contribution in [0.25, 0.3) is 0 Å². The van der Waals surface area contributed by atoms with Crippen molar-refractivity contribution in [2.75, 3.05) is 18.5 Å². The van der Waals surface area contributed by atoms with E-state index in [0.717, 1.165) is 23.6 Å². The van der Waals surface area contributed by atoms with Crippen LogP contribution in [0.15, 0.2) is 42.7 Å². The van der Waals surface area contributed by atoms with Crippen LogP contribution in [0.3, 0.4) is 0 Å². The number of aliphatic hydroxyl groups excluding tert-OH is 1. The Morgan fingerprint density at radius 2 is 2.00 bits per heavy atom. The molecule has 1 fully saturated rings. The summed E-state index contributed by atoms with van der Waals surface area (Å²) in [6.45, 7) is 0.761. The van der Waals surface area contributed by atoms with Crippen LogP contribution in [0.2, 0.25) is 0 Å². The molecular formula is C17H21N3O. The summed E-state index contributed by atoms with van der Waals surface area (Å²) in [6, 6.07) is 11.9. The van der Waals surface area contributed by atoms with Crippen molar-refractivity contribution in [2.45, 2.75) is 31.3 Å². The molecule has 0 saturated heterocycles. The standard InChI is InChI=1S/C17H21N3O/c1-20(10-9-16(21)14-5-3-2-4-6-14)17-11-15(13-7-8-13)18-12-19-17/h2-6,11-13,16,21H,7-10H2,1H3/t16-/m1/s1. The molecule has 0 bridgehead atoms. The lowest BCUT2D eigenvalue weighted by Crippen LogP contribution is -2.21. The fourth-order valence-corrected chi connectivity index (χ4v) is 2.44. The second kappa shape index (κ2) is 6.22. The first-order chi connectivity index (χ1) is 10.2. The predicted molar refractivity (Wildman–Crippen MR) is 83.3 cm³/mol. The molecule has 1 aliphatic carbocycles. The van der Waals surface area contributed by atoms with Gasteiger partial charge in [-0.3, -0.25) is 0 Å². The van der Waals surface area contributed by atoms with Crippen molar-refractivity contribution in [2.24, 2.45) is 0 Å². The molecule has 1 heterocycles. The van der Waals surface area contributed by atoms with Gasteiger partial charge in [0.15, 0.2) is 0 Å². The van der Waals surface area contributed by atoms with Crippen LogP contribution < -0.4 is 4.90 Å². The van der Waals surface area contributed by atoms with E-state index < -0.39 is 6.10 Å². The van der Waals surface area contributed by atoms with Crippen LogP contribution in [0.1, 0.15) is 42.5 Å². The van der Waals surface area contributed by atoms with E-state index in [1.807, 2.05) is 37.4 Å². The van der Waals surface area contributed by atoms with Gasteiger partial charge in [0.1, 0.15) is 12.1 Å². The smallest absolute Gasteiger partial charge is 0.131 e. The molecule has 1 N–H and O–H groups in total. The molecule has 4 heteroatoms. The minimum absolute atomic E-state index is 0.432. The Morgan fingerprint density at radius 3 is 2.71 bits per heavy atom. The molecule has 21 heavy (non-hydrogen) atoms. The first-order valence-electron chi connectivity index (χ1n) is 7.50. The lowest BCUT2D eigenvalue weighted by atomic mass is 10.1. The Balaban J connectivity index is 1.58. The number of aliphatic hydroxyl groups is 1. The summed E-state index contributed by atoms with van der Waals surface area (Å²) in [7, 11) is 2.01. The third kappa shape index (κ3) is 3.58. The van der Waals surface area contributed by atoms with E-state index in [0.29, 0.717) is 12.3 Å². The highest BCUT2D eigenvalue weighted by atomic mass is 16.3. The lowest BCUT2D eigenvalue weighted by Gasteiger charge is -2.20. The van der Waals surface area contributed by atoms with E-state index in [2.05, 4.69) is 20.9 Å². The van der Waals surface area contributed by atoms with Crippen molar-refractivity contribution in [3.8, 4) is 0 Å². The van der Waals surface area contributed by atoms with E-state index in [1.165, 1.54) is 12.8 Å². The van der Waals surface area contributed by atoms with Gasteiger partial charge in [-0.1, -0.05) is 30.3 Å². The van der Waals surface area contributed by atoms with E-state index in [4.69, 9.17) is 0 Å². The minimum atomic E-state index is -0.432. The summed E-state index contributed by atoms with van der Waals surface area (Å²) < 4.78 is 0. The van der Waals surface area contributed by atoms with Gasteiger partial charge in [-0.2, -0.15) is 0 Å². The van der Waals surface area contributed by atoms with E-state index in [9.17, 15) is 5.11 Å². The van der Waals surface area contributed by atoms with Gasteiger partial charge >= 0.3 is 0 Å². The summed E-state index contributed by atoms with van der Waals surface area (Å²) in [5.74, 6) is 1.57. The molecule has 2 aromatic rings. The van der Waals surface area contributed by atoms with Crippen LogP contribution in [-0.2, 0) is 0 Å². The molecule has 0 unspecified atom stereocenters. The van der Waals surface area contributed by atoms with Crippen molar-refractivity contribution in [3.05, 3.63) is 54.0 Å². The normalized spacial score (nSPS) is 15.7. The Labute approximate surface area is 125 Å². The van der Waals surface area contributed by atoms with Crippen molar-refractivity contribution in [1.29, 1.82) is 0 Å². The molecule has 110 valence electrons. The fourth-order valence-electron chi connectivity index (χ4n) is 2.44. The molecule has 3 rings (SSSR count). The number of benzene rings is 1. The summed E-state index contributed by atoms with van der Waals surface area (Å²) in [5, 5.41) is 10.2. The summed E-state index contributed by atoms with van der Waals surface area (Å²) in [6.07, 6.45) is 4.38. The second-order valence-electron chi connectivity index (χ2n) is 5.71. The minimum Gasteiger partial charge on any atom is -0.388 e. The van der Waals surface area contributed by atoms with Gasteiger partial charge < -0.3 is 10.0 Å². The van der Waals surface area contributed by atoms with Gasteiger partial charge in [-0.15, -0.1) is 0 Å². The average molecular weight is 283 g/mol. The molecular weight excluding hydrogens is 262 g/mol. The molecule has 0 spiro atoms. The van der Waals surface area contributed by atoms with E-state index in [-0.39, 0.29) is 0 Å². The largest absolute Gasteiger partial charge is 0.388 e. The Bertz CT molecular complexity index is 584. The average Bonchev–Trinajstić information content (AvgIpc) is 3.38. The van der Waals surface area contributed by atoms with E-state index in [1.54, 1.807) is 6.33 Å².